The van der Waals surface area contributed by atoms with E-state index in [4.69, 9.17) is 4.74 Å². The first-order valence-electron chi connectivity index (χ1n) is 5.85. The van der Waals surface area contributed by atoms with E-state index in [0.29, 0.717) is 6.10 Å². The highest BCUT2D eigenvalue weighted by Gasteiger charge is 2.19. The van der Waals surface area contributed by atoms with Crippen LogP contribution in [0.1, 0.15) is 19.3 Å². The van der Waals surface area contributed by atoms with E-state index in [1.807, 2.05) is 0 Å². The fraction of sp³-hybridized carbons (Fsp3) is 1.00. The molecule has 2 aliphatic rings. The van der Waals surface area contributed by atoms with Crippen LogP contribution in [0.2, 0.25) is 0 Å². The minimum Gasteiger partial charge on any atom is -0.374 e. The lowest BCUT2D eigenvalue weighted by molar-refractivity contribution is -0.0187. The van der Waals surface area contributed by atoms with Gasteiger partial charge in [-0.3, -0.25) is 0 Å². The van der Waals surface area contributed by atoms with E-state index in [1.54, 1.807) is 0 Å². The lowest BCUT2D eigenvalue weighted by Gasteiger charge is -2.31. The van der Waals surface area contributed by atoms with Gasteiger partial charge in [0.1, 0.15) is 0 Å². The zero-order valence-electron chi connectivity index (χ0n) is 9.17. The van der Waals surface area contributed by atoms with Crippen molar-refractivity contribution in [3.63, 3.8) is 0 Å². The maximum absolute atomic E-state index is 5.68. The van der Waals surface area contributed by atoms with Gasteiger partial charge in [-0.25, -0.2) is 0 Å². The van der Waals surface area contributed by atoms with Gasteiger partial charge in [0.05, 0.1) is 12.7 Å². The molecule has 1 aliphatic heterocycles. The first-order chi connectivity index (χ1) is 6.84. The summed E-state index contributed by atoms with van der Waals surface area (Å²) in [6, 6.07) is 0. The summed E-state index contributed by atoms with van der Waals surface area (Å²) in [7, 11) is 2.17. The number of morpholine rings is 1. The molecule has 1 heterocycles. The van der Waals surface area contributed by atoms with E-state index in [9.17, 15) is 0 Å². The van der Waals surface area contributed by atoms with Crippen molar-refractivity contribution in [3.05, 3.63) is 0 Å². The molecular weight excluding hydrogens is 176 g/mol. The van der Waals surface area contributed by atoms with Crippen molar-refractivity contribution in [2.24, 2.45) is 5.92 Å². The van der Waals surface area contributed by atoms with Crippen LogP contribution in [0.5, 0.6) is 0 Å². The van der Waals surface area contributed by atoms with Crippen molar-refractivity contribution in [1.29, 1.82) is 0 Å². The second-order valence-electron chi connectivity index (χ2n) is 4.71. The fourth-order valence-corrected chi connectivity index (χ4v) is 2.14. The molecule has 0 bridgehead atoms. The van der Waals surface area contributed by atoms with Crippen LogP contribution in [-0.2, 0) is 4.74 Å². The number of nitrogens with one attached hydrogen (secondary N) is 1. The molecule has 0 aromatic carbocycles. The molecule has 2 rings (SSSR count). The van der Waals surface area contributed by atoms with Crippen LogP contribution in [0.4, 0.5) is 0 Å². The van der Waals surface area contributed by atoms with Crippen LogP contribution >= 0.6 is 0 Å². The number of likely N-dealkylation sites (N-methyl/N-ethyl adjacent to an activating group) is 1. The molecule has 14 heavy (non-hydrogen) atoms. The fourth-order valence-electron chi connectivity index (χ4n) is 2.14. The molecule has 1 N–H and O–H groups in total. The van der Waals surface area contributed by atoms with Crippen LogP contribution < -0.4 is 5.32 Å². The summed E-state index contributed by atoms with van der Waals surface area (Å²) in [4.78, 5) is 2.35. The normalized spacial score (nSPS) is 30.2. The summed E-state index contributed by atoms with van der Waals surface area (Å²) in [5, 5.41) is 3.53. The van der Waals surface area contributed by atoms with E-state index in [0.717, 1.165) is 32.2 Å². The van der Waals surface area contributed by atoms with Gasteiger partial charge in [0.2, 0.25) is 0 Å². The minimum atomic E-state index is 0.411. The van der Waals surface area contributed by atoms with Crippen molar-refractivity contribution in [2.75, 3.05) is 39.8 Å². The van der Waals surface area contributed by atoms with Gasteiger partial charge in [-0.05, 0) is 32.4 Å². The third kappa shape index (κ3) is 2.94. The Hall–Kier alpha value is -0.120. The lowest BCUT2D eigenvalue weighted by atomic mass is 9.85. The molecule has 3 heteroatoms. The van der Waals surface area contributed by atoms with Crippen molar-refractivity contribution < 1.29 is 4.74 Å². The number of rotatable bonds is 4. The van der Waals surface area contributed by atoms with Crippen LogP contribution in [0.25, 0.3) is 0 Å². The maximum atomic E-state index is 5.68. The maximum Gasteiger partial charge on any atom is 0.0826 e. The molecule has 1 aliphatic carbocycles. The Kier molecular flexibility index (Phi) is 3.79. The van der Waals surface area contributed by atoms with E-state index < -0.39 is 0 Å². The van der Waals surface area contributed by atoms with Crippen molar-refractivity contribution in [2.45, 2.75) is 25.4 Å². The Labute approximate surface area is 86.8 Å². The van der Waals surface area contributed by atoms with Gasteiger partial charge in [-0.15, -0.1) is 0 Å². The average molecular weight is 198 g/mol. The Balaban J connectivity index is 1.55. The van der Waals surface area contributed by atoms with Crippen LogP contribution in [-0.4, -0.2) is 50.8 Å². The molecule has 0 aromatic rings. The van der Waals surface area contributed by atoms with Gasteiger partial charge in [-0.2, -0.15) is 0 Å². The van der Waals surface area contributed by atoms with Crippen LogP contribution in [0.15, 0.2) is 0 Å². The topological polar surface area (TPSA) is 24.5 Å². The van der Waals surface area contributed by atoms with Gasteiger partial charge in [0, 0.05) is 19.6 Å². The van der Waals surface area contributed by atoms with Crippen molar-refractivity contribution in [1.82, 2.24) is 10.2 Å². The quantitative estimate of drug-likeness (QED) is 0.720. The molecule has 1 unspecified atom stereocenters. The van der Waals surface area contributed by atoms with Crippen LogP contribution in [0.3, 0.4) is 0 Å². The first-order valence-corrected chi connectivity index (χ1v) is 5.85. The molecule has 3 nitrogen and oxygen atoms in total. The molecule has 1 saturated heterocycles. The highest BCUT2D eigenvalue weighted by molar-refractivity contribution is 4.75. The van der Waals surface area contributed by atoms with Crippen LogP contribution in [0, 0.1) is 5.92 Å². The molecular formula is C11H22N2O. The molecule has 2 fully saturated rings. The summed E-state index contributed by atoms with van der Waals surface area (Å²) in [5.74, 6) is 0.955. The Morgan fingerprint density at radius 2 is 2.21 bits per heavy atom. The van der Waals surface area contributed by atoms with Gasteiger partial charge in [0.25, 0.3) is 0 Å². The molecule has 0 radical (unpaired) electrons. The number of nitrogens with zero attached hydrogens (tertiary/aromatic N) is 1. The van der Waals surface area contributed by atoms with Gasteiger partial charge < -0.3 is 15.0 Å². The molecule has 82 valence electrons. The molecule has 0 spiro atoms. The Bertz CT molecular complexity index is 171. The SMILES string of the molecule is CN1CCOC(CNCC2CCC2)C1. The van der Waals surface area contributed by atoms with E-state index in [1.165, 1.54) is 25.8 Å². The third-order valence-electron chi connectivity index (χ3n) is 3.37. The monoisotopic (exact) mass is 198 g/mol. The number of ether oxygens (including phenoxy) is 1. The van der Waals surface area contributed by atoms with Gasteiger partial charge in [-0.1, -0.05) is 6.42 Å². The van der Waals surface area contributed by atoms with E-state index in [-0.39, 0.29) is 0 Å². The first kappa shape index (κ1) is 10.4. The number of hydrogen-bond donors (Lipinski definition) is 1. The zero-order chi connectivity index (χ0) is 9.80. The highest BCUT2D eigenvalue weighted by atomic mass is 16.5. The van der Waals surface area contributed by atoms with Crippen molar-refractivity contribution >= 4 is 0 Å². The summed E-state index contributed by atoms with van der Waals surface area (Å²) < 4.78 is 5.68. The predicted octanol–water partition coefficient (Wildman–Crippen LogP) is 0.707. The van der Waals surface area contributed by atoms with E-state index in [2.05, 4.69) is 17.3 Å². The Morgan fingerprint density at radius 3 is 2.86 bits per heavy atom. The lowest BCUT2D eigenvalue weighted by Crippen LogP contribution is -2.45. The standard InChI is InChI=1S/C11H22N2O/c1-13-5-6-14-11(9-13)8-12-7-10-3-2-4-10/h10-12H,2-9H2,1H3. The average Bonchev–Trinajstić information content (AvgIpc) is 2.09. The van der Waals surface area contributed by atoms with Crippen molar-refractivity contribution in [3.8, 4) is 0 Å². The molecule has 1 atom stereocenters. The second kappa shape index (κ2) is 5.10. The largest absolute Gasteiger partial charge is 0.374 e. The summed E-state index contributed by atoms with van der Waals surface area (Å²) in [6.45, 7) is 5.29. The molecule has 0 amide bonds. The molecule has 0 aromatic heterocycles. The third-order valence-corrected chi connectivity index (χ3v) is 3.37. The minimum absolute atomic E-state index is 0.411. The Morgan fingerprint density at radius 1 is 1.36 bits per heavy atom. The predicted molar refractivity (Wildman–Crippen MR) is 57.4 cm³/mol. The van der Waals surface area contributed by atoms with E-state index >= 15 is 0 Å². The number of hydrogen-bond acceptors (Lipinski definition) is 3. The zero-order valence-corrected chi connectivity index (χ0v) is 9.17. The summed E-state index contributed by atoms with van der Waals surface area (Å²) in [5.41, 5.74) is 0. The highest BCUT2D eigenvalue weighted by Crippen LogP contribution is 2.25. The molecule has 1 saturated carbocycles. The summed E-state index contributed by atoms with van der Waals surface area (Å²) >= 11 is 0. The summed E-state index contributed by atoms with van der Waals surface area (Å²) in [6.07, 6.45) is 4.71. The second-order valence-corrected chi connectivity index (χ2v) is 4.71. The smallest absolute Gasteiger partial charge is 0.0826 e. The van der Waals surface area contributed by atoms with Gasteiger partial charge in [0.15, 0.2) is 0 Å². The van der Waals surface area contributed by atoms with Gasteiger partial charge >= 0.3 is 0 Å².